The van der Waals surface area contributed by atoms with Gasteiger partial charge in [0, 0.05) is 6.54 Å². The molecule has 1 fully saturated rings. The van der Waals surface area contributed by atoms with Crippen LogP contribution in [0.25, 0.3) is 11.1 Å². The number of rotatable bonds is 5. The first-order valence-corrected chi connectivity index (χ1v) is 8.94. The molecule has 1 N–H and O–H groups in total. The minimum Gasteiger partial charge on any atom is -0.351 e. The van der Waals surface area contributed by atoms with E-state index < -0.39 is 0 Å². The van der Waals surface area contributed by atoms with Gasteiger partial charge in [0.05, 0.1) is 6.04 Å². The second-order valence-electron chi connectivity index (χ2n) is 6.42. The molecular formula is C21H26N2O. The average Bonchev–Trinajstić information content (AvgIpc) is 2.67. The van der Waals surface area contributed by atoms with Gasteiger partial charge in [0.1, 0.15) is 0 Å². The number of carbonyl (C=O) groups is 1. The van der Waals surface area contributed by atoms with Crippen molar-refractivity contribution in [3.8, 4) is 11.1 Å². The number of carbonyl (C=O) groups excluding carboxylic acids is 1. The van der Waals surface area contributed by atoms with Gasteiger partial charge in [-0.1, -0.05) is 61.9 Å². The molecule has 1 amide bonds. The molecule has 0 radical (unpaired) electrons. The van der Waals surface area contributed by atoms with Crippen molar-refractivity contribution in [2.75, 3.05) is 13.1 Å². The topological polar surface area (TPSA) is 32.3 Å². The van der Waals surface area contributed by atoms with Crippen LogP contribution < -0.4 is 5.32 Å². The highest BCUT2D eigenvalue weighted by Crippen LogP contribution is 2.20. The third-order valence-electron chi connectivity index (χ3n) is 4.82. The smallest absolute Gasteiger partial charge is 0.237 e. The van der Waals surface area contributed by atoms with Crippen LogP contribution in [0.5, 0.6) is 0 Å². The van der Waals surface area contributed by atoms with Crippen molar-refractivity contribution in [1.29, 1.82) is 0 Å². The third-order valence-corrected chi connectivity index (χ3v) is 4.82. The first kappa shape index (κ1) is 16.7. The molecule has 0 aromatic heterocycles. The second-order valence-corrected chi connectivity index (χ2v) is 6.42. The molecule has 1 saturated heterocycles. The molecular weight excluding hydrogens is 296 g/mol. The summed E-state index contributed by atoms with van der Waals surface area (Å²) in [5.41, 5.74) is 3.54. The van der Waals surface area contributed by atoms with E-state index in [1.54, 1.807) is 0 Å². The summed E-state index contributed by atoms with van der Waals surface area (Å²) in [6, 6.07) is 18.8. The highest BCUT2D eigenvalue weighted by Gasteiger charge is 2.27. The van der Waals surface area contributed by atoms with Gasteiger partial charge < -0.3 is 5.32 Å². The van der Waals surface area contributed by atoms with Crippen LogP contribution in [0, 0.1) is 0 Å². The zero-order chi connectivity index (χ0) is 16.8. The summed E-state index contributed by atoms with van der Waals surface area (Å²) in [5, 5.41) is 3.13. The van der Waals surface area contributed by atoms with E-state index in [2.05, 4.69) is 53.5 Å². The van der Waals surface area contributed by atoms with Crippen molar-refractivity contribution in [3.05, 3.63) is 60.2 Å². The molecule has 3 heteroatoms. The second kappa shape index (κ2) is 8.11. The number of piperidine rings is 1. The van der Waals surface area contributed by atoms with Crippen molar-refractivity contribution in [2.45, 2.75) is 38.8 Å². The van der Waals surface area contributed by atoms with Crippen LogP contribution in [0.2, 0.25) is 0 Å². The Labute approximate surface area is 144 Å². The standard InChI is InChI=1S/C21H26N2O/c1-2-23-14-7-6-13-20(23)21(24)22-16-17-9-8-12-19(15-17)18-10-4-3-5-11-18/h3-5,8-12,15,20H,2,6-7,13-14,16H2,1H3,(H,22,24)/t20-/m1/s1. The van der Waals surface area contributed by atoms with Gasteiger partial charge in [-0.25, -0.2) is 0 Å². The number of likely N-dealkylation sites (N-methyl/N-ethyl adjacent to an activating group) is 1. The Morgan fingerprint density at radius 1 is 1.08 bits per heavy atom. The van der Waals surface area contributed by atoms with Gasteiger partial charge in [0.25, 0.3) is 0 Å². The maximum absolute atomic E-state index is 12.5. The number of nitrogens with zero attached hydrogens (tertiary/aromatic N) is 1. The van der Waals surface area contributed by atoms with Crippen molar-refractivity contribution in [1.82, 2.24) is 10.2 Å². The van der Waals surface area contributed by atoms with Crippen LogP contribution in [-0.2, 0) is 11.3 Å². The summed E-state index contributed by atoms with van der Waals surface area (Å²) >= 11 is 0. The molecule has 3 nitrogen and oxygen atoms in total. The van der Waals surface area contributed by atoms with Crippen molar-refractivity contribution in [3.63, 3.8) is 0 Å². The van der Waals surface area contributed by atoms with E-state index in [1.165, 1.54) is 17.5 Å². The van der Waals surface area contributed by atoms with E-state index in [0.29, 0.717) is 6.54 Å². The fourth-order valence-corrected chi connectivity index (χ4v) is 3.46. The largest absolute Gasteiger partial charge is 0.351 e. The first-order valence-electron chi connectivity index (χ1n) is 8.94. The van der Waals surface area contributed by atoms with Gasteiger partial charge in [0.15, 0.2) is 0 Å². The molecule has 0 saturated carbocycles. The van der Waals surface area contributed by atoms with Crippen molar-refractivity contribution < 1.29 is 4.79 Å². The van der Waals surface area contributed by atoms with Gasteiger partial charge in [-0.3, -0.25) is 9.69 Å². The van der Waals surface area contributed by atoms with Gasteiger partial charge in [-0.05, 0) is 48.7 Å². The molecule has 1 aliphatic heterocycles. The number of benzene rings is 2. The predicted molar refractivity (Wildman–Crippen MR) is 98.6 cm³/mol. The van der Waals surface area contributed by atoms with Crippen LogP contribution >= 0.6 is 0 Å². The lowest BCUT2D eigenvalue weighted by Gasteiger charge is -2.33. The molecule has 2 aromatic carbocycles. The Morgan fingerprint density at radius 3 is 2.67 bits per heavy atom. The maximum atomic E-state index is 12.5. The van der Waals surface area contributed by atoms with E-state index in [1.807, 2.05) is 18.2 Å². The Kier molecular flexibility index (Phi) is 5.65. The predicted octanol–water partition coefficient (Wildman–Crippen LogP) is 3.84. The van der Waals surface area contributed by atoms with Gasteiger partial charge in [-0.15, -0.1) is 0 Å². The molecule has 1 atom stereocenters. The summed E-state index contributed by atoms with van der Waals surface area (Å²) in [6.45, 7) is 4.71. The van der Waals surface area contributed by atoms with Gasteiger partial charge >= 0.3 is 0 Å². The summed E-state index contributed by atoms with van der Waals surface area (Å²) in [6.07, 6.45) is 3.33. The Morgan fingerprint density at radius 2 is 1.88 bits per heavy atom. The minimum atomic E-state index is 0.0426. The lowest BCUT2D eigenvalue weighted by Crippen LogP contribution is -2.49. The molecule has 1 heterocycles. The number of hydrogen-bond acceptors (Lipinski definition) is 2. The van der Waals surface area contributed by atoms with Crippen LogP contribution in [-0.4, -0.2) is 29.9 Å². The van der Waals surface area contributed by atoms with Crippen molar-refractivity contribution in [2.24, 2.45) is 0 Å². The minimum absolute atomic E-state index is 0.0426. The monoisotopic (exact) mass is 322 g/mol. The fraction of sp³-hybridized carbons (Fsp3) is 0.381. The van der Waals surface area contributed by atoms with E-state index >= 15 is 0 Å². The van der Waals surface area contributed by atoms with Crippen LogP contribution in [0.15, 0.2) is 54.6 Å². The molecule has 126 valence electrons. The van der Waals surface area contributed by atoms with Crippen LogP contribution in [0.4, 0.5) is 0 Å². The van der Waals surface area contributed by atoms with Gasteiger partial charge in [-0.2, -0.15) is 0 Å². The lowest BCUT2D eigenvalue weighted by atomic mass is 10.0. The van der Waals surface area contributed by atoms with Crippen LogP contribution in [0.1, 0.15) is 31.7 Å². The maximum Gasteiger partial charge on any atom is 0.237 e. The normalized spacial score (nSPS) is 18.3. The van der Waals surface area contributed by atoms with Crippen LogP contribution in [0.3, 0.4) is 0 Å². The highest BCUT2D eigenvalue weighted by molar-refractivity contribution is 5.81. The number of nitrogens with one attached hydrogen (secondary N) is 1. The van der Waals surface area contributed by atoms with E-state index in [4.69, 9.17) is 0 Å². The Balaban J connectivity index is 1.63. The average molecular weight is 322 g/mol. The zero-order valence-electron chi connectivity index (χ0n) is 14.4. The van der Waals surface area contributed by atoms with E-state index in [0.717, 1.165) is 31.5 Å². The quantitative estimate of drug-likeness (QED) is 0.907. The van der Waals surface area contributed by atoms with E-state index in [-0.39, 0.29) is 11.9 Å². The van der Waals surface area contributed by atoms with Gasteiger partial charge in [0.2, 0.25) is 5.91 Å². The summed E-state index contributed by atoms with van der Waals surface area (Å²) in [7, 11) is 0. The molecule has 0 aliphatic carbocycles. The summed E-state index contributed by atoms with van der Waals surface area (Å²) in [4.78, 5) is 14.8. The number of hydrogen-bond donors (Lipinski definition) is 1. The summed E-state index contributed by atoms with van der Waals surface area (Å²) in [5.74, 6) is 0.168. The fourth-order valence-electron chi connectivity index (χ4n) is 3.46. The number of amides is 1. The summed E-state index contributed by atoms with van der Waals surface area (Å²) < 4.78 is 0. The molecule has 0 bridgehead atoms. The molecule has 24 heavy (non-hydrogen) atoms. The first-order chi connectivity index (χ1) is 11.8. The molecule has 1 aliphatic rings. The molecule has 0 spiro atoms. The Hall–Kier alpha value is -2.13. The Bertz CT molecular complexity index is 669. The van der Waals surface area contributed by atoms with E-state index in [9.17, 15) is 4.79 Å². The third kappa shape index (κ3) is 4.04. The zero-order valence-corrected chi connectivity index (χ0v) is 14.4. The highest BCUT2D eigenvalue weighted by atomic mass is 16.2. The SMILES string of the molecule is CCN1CCCC[C@@H]1C(=O)NCc1cccc(-c2ccccc2)c1. The molecule has 0 unspecified atom stereocenters. The molecule has 3 rings (SSSR count). The number of likely N-dealkylation sites (tertiary alicyclic amines) is 1. The lowest BCUT2D eigenvalue weighted by molar-refractivity contribution is -0.127. The molecule has 2 aromatic rings. The van der Waals surface area contributed by atoms with Crippen molar-refractivity contribution >= 4 is 5.91 Å².